The van der Waals surface area contributed by atoms with Gasteiger partial charge in [-0.15, -0.1) is 0 Å². The molecule has 1 aromatic carbocycles. The number of carbonyl (C=O) groups is 1. The summed E-state index contributed by atoms with van der Waals surface area (Å²) in [7, 11) is 0. The van der Waals surface area contributed by atoms with E-state index in [2.05, 4.69) is 5.32 Å². The van der Waals surface area contributed by atoms with Crippen LogP contribution in [0.1, 0.15) is 5.56 Å². The first-order chi connectivity index (χ1) is 6.24. The highest BCUT2D eigenvalue weighted by molar-refractivity contribution is 5.60. The van der Waals surface area contributed by atoms with Crippen LogP contribution in [-0.4, -0.2) is 16.6 Å². The Bertz CT molecular complexity index is 334. The topological polar surface area (TPSA) is 69.6 Å². The summed E-state index contributed by atoms with van der Waals surface area (Å²) in [5, 5.41) is 20.5. The van der Waals surface area contributed by atoms with Gasteiger partial charge in [0.2, 0.25) is 6.41 Å². The highest BCUT2D eigenvalue weighted by atomic mass is 16.3. The minimum absolute atomic E-state index is 0.00186. The summed E-state index contributed by atoms with van der Waals surface area (Å²) in [5.74, 6) is -0.0399. The third kappa shape index (κ3) is 2.52. The normalized spacial score (nSPS) is 10.2. The van der Waals surface area contributed by atoms with Crippen LogP contribution in [0.15, 0.2) is 24.4 Å². The molecule has 0 fully saturated rings. The van der Waals surface area contributed by atoms with Gasteiger partial charge in [-0.2, -0.15) is 0 Å². The molecule has 3 N–H and O–H groups in total. The molecule has 0 aliphatic carbocycles. The second-order valence-corrected chi connectivity index (χ2v) is 2.36. The third-order valence-corrected chi connectivity index (χ3v) is 1.44. The Morgan fingerprint density at radius 3 is 2.69 bits per heavy atom. The van der Waals surface area contributed by atoms with E-state index in [1.165, 1.54) is 30.5 Å². The number of hydrogen-bond acceptors (Lipinski definition) is 3. The van der Waals surface area contributed by atoms with Crippen molar-refractivity contribution in [3.05, 3.63) is 30.0 Å². The maximum atomic E-state index is 9.87. The van der Waals surface area contributed by atoms with Crippen molar-refractivity contribution in [3.8, 4) is 11.5 Å². The lowest BCUT2D eigenvalue weighted by atomic mass is 10.2. The highest BCUT2D eigenvalue weighted by Crippen LogP contribution is 2.23. The van der Waals surface area contributed by atoms with E-state index in [-0.39, 0.29) is 11.5 Å². The van der Waals surface area contributed by atoms with Crippen LogP contribution in [0.2, 0.25) is 0 Å². The summed E-state index contributed by atoms with van der Waals surface area (Å²) in [6.45, 7) is 0. The van der Waals surface area contributed by atoms with E-state index in [4.69, 9.17) is 5.11 Å². The predicted molar refractivity (Wildman–Crippen MR) is 48.0 cm³/mol. The molecule has 0 aromatic heterocycles. The predicted octanol–water partition coefficient (Wildman–Crippen LogP) is 0.814. The number of rotatable bonds is 3. The van der Waals surface area contributed by atoms with Crippen molar-refractivity contribution in [2.75, 3.05) is 0 Å². The van der Waals surface area contributed by atoms with E-state index >= 15 is 0 Å². The van der Waals surface area contributed by atoms with Crippen molar-refractivity contribution in [2.45, 2.75) is 0 Å². The maximum Gasteiger partial charge on any atom is 0.211 e. The Morgan fingerprint density at radius 2 is 2.08 bits per heavy atom. The fourth-order valence-electron chi connectivity index (χ4n) is 0.850. The molecule has 1 aromatic rings. The van der Waals surface area contributed by atoms with Crippen LogP contribution in [0.4, 0.5) is 0 Å². The molecule has 0 saturated heterocycles. The van der Waals surface area contributed by atoms with Crippen molar-refractivity contribution < 1.29 is 15.0 Å². The fourth-order valence-corrected chi connectivity index (χ4v) is 0.850. The van der Waals surface area contributed by atoms with Gasteiger partial charge < -0.3 is 15.5 Å². The van der Waals surface area contributed by atoms with Crippen molar-refractivity contribution in [1.29, 1.82) is 0 Å². The SMILES string of the molecule is O=CN/C=C/c1ccc(O)cc1O. The minimum atomic E-state index is -0.0380. The molecular formula is C9H9NO3. The first-order valence-electron chi connectivity index (χ1n) is 3.62. The number of nitrogens with one attached hydrogen (secondary N) is 1. The monoisotopic (exact) mass is 179 g/mol. The van der Waals surface area contributed by atoms with Gasteiger partial charge in [0, 0.05) is 17.8 Å². The summed E-state index contributed by atoms with van der Waals surface area (Å²) < 4.78 is 0. The Hall–Kier alpha value is -1.97. The zero-order valence-corrected chi connectivity index (χ0v) is 6.77. The Labute approximate surface area is 75.1 Å². The number of hydrogen-bond donors (Lipinski definition) is 3. The van der Waals surface area contributed by atoms with E-state index < -0.39 is 0 Å². The molecule has 0 aliphatic rings. The van der Waals surface area contributed by atoms with Crippen LogP contribution in [0.25, 0.3) is 6.08 Å². The van der Waals surface area contributed by atoms with Crippen LogP contribution < -0.4 is 5.32 Å². The largest absolute Gasteiger partial charge is 0.508 e. The number of phenolic OH excluding ortho intramolecular Hbond substituents is 2. The second-order valence-electron chi connectivity index (χ2n) is 2.36. The summed E-state index contributed by atoms with van der Waals surface area (Å²) >= 11 is 0. The van der Waals surface area contributed by atoms with Gasteiger partial charge in [-0.25, -0.2) is 0 Å². The van der Waals surface area contributed by atoms with E-state index in [0.717, 1.165) is 0 Å². The molecule has 0 bridgehead atoms. The first kappa shape index (κ1) is 9.12. The second kappa shape index (κ2) is 4.15. The van der Waals surface area contributed by atoms with Crippen molar-refractivity contribution >= 4 is 12.5 Å². The lowest BCUT2D eigenvalue weighted by molar-refractivity contribution is -0.108. The van der Waals surface area contributed by atoms with E-state index in [9.17, 15) is 9.90 Å². The number of amides is 1. The van der Waals surface area contributed by atoms with Crippen LogP contribution in [0.5, 0.6) is 11.5 Å². The molecule has 0 spiro atoms. The van der Waals surface area contributed by atoms with Gasteiger partial charge in [0.1, 0.15) is 11.5 Å². The first-order valence-corrected chi connectivity index (χ1v) is 3.62. The highest BCUT2D eigenvalue weighted by Gasteiger charge is 1.97. The number of phenols is 2. The quantitative estimate of drug-likeness (QED) is 0.601. The average molecular weight is 179 g/mol. The summed E-state index contributed by atoms with van der Waals surface area (Å²) in [4.78, 5) is 9.87. The molecule has 13 heavy (non-hydrogen) atoms. The van der Waals surface area contributed by atoms with Gasteiger partial charge in [0.05, 0.1) is 0 Å². The standard InChI is InChI=1S/C9H9NO3/c11-6-10-4-3-7-1-2-8(12)5-9(7)13/h1-6,12-13H,(H,10,11)/b4-3+. The van der Waals surface area contributed by atoms with Crippen molar-refractivity contribution in [1.82, 2.24) is 5.32 Å². The van der Waals surface area contributed by atoms with E-state index in [1.807, 2.05) is 0 Å². The summed E-state index contributed by atoms with van der Waals surface area (Å²) in [5.41, 5.74) is 0.521. The molecule has 4 heteroatoms. The van der Waals surface area contributed by atoms with E-state index in [1.54, 1.807) is 0 Å². The lowest BCUT2D eigenvalue weighted by Gasteiger charge is -1.98. The third-order valence-electron chi connectivity index (χ3n) is 1.44. The van der Waals surface area contributed by atoms with Crippen LogP contribution in [0, 0.1) is 0 Å². The van der Waals surface area contributed by atoms with Gasteiger partial charge in [-0.1, -0.05) is 0 Å². The van der Waals surface area contributed by atoms with Crippen molar-refractivity contribution in [3.63, 3.8) is 0 Å². The molecule has 1 amide bonds. The molecule has 68 valence electrons. The van der Waals surface area contributed by atoms with E-state index in [0.29, 0.717) is 12.0 Å². The smallest absolute Gasteiger partial charge is 0.211 e. The van der Waals surface area contributed by atoms with Gasteiger partial charge in [-0.05, 0) is 18.2 Å². The van der Waals surface area contributed by atoms with Crippen LogP contribution in [0.3, 0.4) is 0 Å². The lowest BCUT2D eigenvalue weighted by Crippen LogP contribution is -1.97. The Balaban J connectivity index is 2.83. The molecular weight excluding hydrogens is 170 g/mol. The molecule has 0 atom stereocenters. The van der Waals surface area contributed by atoms with Gasteiger partial charge >= 0.3 is 0 Å². The summed E-state index contributed by atoms with van der Waals surface area (Å²) in [6.07, 6.45) is 3.43. The maximum absolute atomic E-state index is 9.87. The number of aromatic hydroxyl groups is 2. The van der Waals surface area contributed by atoms with Gasteiger partial charge in [0.15, 0.2) is 0 Å². The minimum Gasteiger partial charge on any atom is -0.508 e. The Morgan fingerprint density at radius 1 is 1.31 bits per heavy atom. The fraction of sp³-hybridized carbons (Fsp3) is 0. The molecule has 0 radical (unpaired) electrons. The summed E-state index contributed by atoms with van der Waals surface area (Å²) in [6, 6.07) is 4.20. The molecule has 0 unspecified atom stereocenters. The van der Waals surface area contributed by atoms with Crippen LogP contribution in [-0.2, 0) is 4.79 Å². The molecule has 0 saturated carbocycles. The van der Waals surface area contributed by atoms with Gasteiger partial charge in [-0.3, -0.25) is 4.79 Å². The van der Waals surface area contributed by atoms with Crippen molar-refractivity contribution in [2.24, 2.45) is 0 Å². The zero-order valence-electron chi connectivity index (χ0n) is 6.77. The Kier molecular flexibility index (Phi) is 2.92. The number of benzene rings is 1. The number of carbonyl (C=O) groups excluding carboxylic acids is 1. The molecule has 0 heterocycles. The van der Waals surface area contributed by atoms with Crippen LogP contribution >= 0.6 is 0 Å². The molecule has 1 rings (SSSR count). The molecule has 0 aliphatic heterocycles. The zero-order chi connectivity index (χ0) is 9.68. The average Bonchev–Trinajstić information content (AvgIpc) is 2.09. The van der Waals surface area contributed by atoms with Gasteiger partial charge in [0.25, 0.3) is 0 Å². The molecule has 4 nitrogen and oxygen atoms in total.